The molecule has 0 fully saturated rings. The van der Waals surface area contributed by atoms with Gasteiger partial charge in [-0.1, -0.05) is 44.9 Å². The molecule has 1 heterocycles. The second-order valence-electron chi connectivity index (χ2n) is 4.36. The maximum absolute atomic E-state index is 9.17. The van der Waals surface area contributed by atoms with Crippen molar-refractivity contribution in [1.29, 1.82) is 5.26 Å². The fourth-order valence-corrected chi connectivity index (χ4v) is 2.25. The Bertz CT molecular complexity index is 439. The zero-order chi connectivity index (χ0) is 13.5. The number of aromatic nitrogens is 2. The number of thioether (sulfide) groups is 1. The molecule has 1 atom stereocenters. The van der Waals surface area contributed by atoms with Crippen molar-refractivity contribution < 1.29 is 0 Å². The summed E-state index contributed by atoms with van der Waals surface area (Å²) in [4.78, 5) is 8.56. The van der Waals surface area contributed by atoms with Gasteiger partial charge in [0.2, 0.25) is 0 Å². The number of nitriles is 1. The summed E-state index contributed by atoms with van der Waals surface area (Å²) in [5, 5.41) is 9.81. The molecule has 4 nitrogen and oxygen atoms in total. The largest absolute Gasteiger partial charge is 0.382 e. The first-order valence-corrected chi connectivity index (χ1v) is 7.48. The van der Waals surface area contributed by atoms with Crippen LogP contribution in [0.1, 0.15) is 56.7 Å². The van der Waals surface area contributed by atoms with Gasteiger partial charge in [0.25, 0.3) is 0 Å². The van der Waals surface area contributed by atoms with E-state index in [-0.39, 0.29) is 5.92 Å². The maximum Gasteiger partial charge on any atom is 0.189 e. The van der Waals surface area contributed by atoms with E-state index in [1.807, 2.05) is 6.26 Å². The minimum atomic E-state index is 0.252. The molecule has 2 N–H and O–H groups in total. The average Bonchev–Trinajstić information content (AvgIpc) is 2.37. The van der Waals surface area contributed by atoms with Crippen LogP contribution in [0.2, 0.25) is 0 Å². The normalized spacial score (nSPS) is 12.1. The fourth-order valence-electron chi connectivity index (χ4n) is 1.87. The smallest absolute Gasteiger partial charge is 0.189 e. The van der Waals surface area contributed by atoms with Gasteiger partial charge in [0, 0.05) is 0 Å². The molecule has 0 spiro atoms. The summed E-state index contributed by atoms with van der Waals surface area (Å²) in [6, 6.07) is 2.13. The lowest BCUT2D eigenvalue weighted by Crippen LogP contribution is -2.08. The van der Waals surface area contributed by atoms with E-state index >= 15 is 0 Å². The first-order chi connectivity index (χ1) is 8.63. The van der Waals surface area contributed by atoms with E-state index in [0.29, 0.717) is 16.5 Å². The maximum atomic E-state index is 9.17. The summed E-state index contributed by atoms with van der Waals surface area (Å²) in [5.74, 6) is 0.552. The number of anilines is 1. The Morgan fingerprint density at radius 2 is 2.11 bits per heavy atom. The summed E-state index contributed by atoms with van der Waals surface area (Å²) in [6.45, 7) is 4.28. The van der Waals surface area contributed by atoms with E-state index in [1.165, 1.54) is 24.6 Å². The molecule has 0 amide bonds. The molecule has 0 saturated heterocycles. The highest BCUT2D eigenvalue weighted by molar-refractivity contribution is 7.98. The highest BCUT2D eigenvalue weighted by Crippen LogP contribution is 2.27. The molecule has 98 valence electrons. The third-order valence-corrected chi connectivity index (χ3v) is 3.49. The number of hydrogen-bond acceptors (Lipinski definition) is 5. The predicted molar refractivity (Wildman–Crippen MR) is 75.5 cm³/mol. The van der Waals surface area contributed by atoms with Gasteiger partial charge in [-0.3, -0.25) is 0 Å². The molecule has 1 aromatic rings. The molecule has 0 bridgehead atoms. The Hall–Kier alpha value is -1.28. The highest BCUT2D eigenvalue weighted by Gasteiger charge is 2.17. The lowest BCUT2D eigenvalue weighted by Gasteiger charge is -2.14. The zero-order valence-corrected chi connectivity index (χ0v) is 12.0. The van der Waals surface area contributed by atoms with E-state index in [0.717, 1.165) is 18.5 Å². The molecular formula is C13H20N4S. The Morgan fingerprint density at radius 3 is 2.67 bits per heavy atom. The van der Waals surface area contributed by atoms with Crippen LogP contribution in [0.15, 0.2) is 5.16 Å². The Balaban J connectivity index is 2.98. The summed E-state index contributed by atoms with van der Waals surface area (Å²) >= 11 is 1.45. The third kappa shape index (κ3) is 3.61. The van der Waals surface area contributed by atoms with Gasteiger partial charge in [0.05, 0.1) is 5.69 Å². The molecular weight excluding hydrogens is 244 g/mol. The van der Waals surface area contributed by atoms with Crippen LogP contribution in [-0.2, 0) is 0 Å². The average molecular weight is 264 g/mol. The second-order valence-corrected chi connectivity index (χ2v) is 5.14. The van der Waals surface area contributed by atoms with Gasteiger partial charge in [-0.05, 0) is 18.6 Å². The van der Waals surface area contributed by atoms with Crippen molar-refractivity contribution in [1.82, 2.24) is 9.97 Å². The van der Waals surface area contributed by atoms with Crippen LogP contribution < -0.4 is 5.73 Å². The van der Waals surface area contributed by atoms with Crippen LogP contribution in [0, 0.1) is 11.3 Å². The van der Waals surface area contributed by atoms with Gasteiger partial charge in [0.15, 0.2) is 5.16 Å². The summed E-state index contributed by atoms with van der Waals surface area (Å²) in [5.41, 5.74) is 7.05. The van der Waals surface area contributed by atoms with Gasteiger partial charge in [0.1, 0.15) is 17.5 Å². The van der Waals surface area contributed by atoms with Crippen molar-refractivity contribution in [3.63, 3.8) is 0 Å². The molecule has 1 rings (SSSR count). The van der Waals surface area contributed by atoms with Crippen molar-refractivity contribution in [3.05, 3.63) is 11.3 Å². The van der Waals surface area contributed by atoms with Gasteiger partial charge in [-0.25, -0.2) is 9.97 Å². The number of nitrogens with zero attached hydrogens (tertiary/aromatic N) is 3. The molecule has 0 saturated carbocycles. The molecule has 0 aromatic carbocycles. The van der Waals surface area contributed by atoms with Crippen LogP contribution in [-0.4, -0.2) is 16.2 Å². The van der Waals surface area contributed by atoms with Crippen LogP contribution >= 0.6 is 11.8 Å². The van der Waals surface area contributed by atoms with E-state index < -0.39 is 0 Å². The minimum Gasteiger partial charge on any atom is -0.382 e. The first-order valence-electron chi connectivity index (χ1n) is 6.25. The molecule has 0 radical (unpaired) electrons. The molecule has 0 aliphatic heterocycles. The van der Waals surface area contributed by atoms with Crippen molar-refractivity contribution in [2.24, 2.45) is 0 Å². The lowest BCUT2D eigenvalue weighted by molar-refractivity contribution is 0.581. The van der Waals surface area contributed by atoms with Crippen molar-refractivity contribution in [2.75, 3.05) is 12.0 Å². The summed E-state index contributed by atoms with van der Waals surface area (Å²) in [6.07, 6.45) is 6.50. The monoisotopic (exact) mass is 264 g/mol. The quantitative estimate of drug-likeness (QED) is 0.484. The third-order valence-electron chi connectivity index (χ3n) is 2.95. The number of nitrogen functional groups attached to an aromatic ring is 1. The molecule has 18 heavy (non-hydrogen) atoms. The Morgan fingerprint density at radius 1 is 1.39 bits per heavy atom. The van der Waals surface area contributed by atoms with Crippen molar-refractivity contribution >= 4 is 17.6 Å². The van der Waals surface area contributed by atoms with Crippen molar-refractivity contribution in [2.45, 2.75) is 50.6 Å². The Labute approximate surface area is 113 Å². The van der Waals surface area contributed by atoms with Gasteiger partial charge >= 0.3 is 0 Å². The predicted octanol–water partition coefficient (Wildman–Crippen LogP) is 3.34. The zero-order valence-electron chi connectivity index (χ0n) is 11.2. The van der Waals surface area contributed by atoms with E-state index in [9.17, 15) is 0 Å². The topological polar surface area (TPSA) is 75.6 Å². The first kappa shape index (κ1) is 14.8. The molecule has 5 heteroatoms. The number of unbranched alkanes of at least 4 members (excludes halogenated alkanes) is 2. The lowest BCUT2D eigenvalue weighted by atomic mass is 9.96. The standard InChI is InChI=1S/C13H20N4S/c1-4-5-6-7-9(2)11-10(8-14)12(15)17-13(16-11)18-3/h9H,4-7H2,1-3H3,(H2,15,16,17). The Kier molecular flexibility index (Phi) is 5.93. The van der Waals surface area contributed by atoms with E-state index in [1.54, 1.807) is 0 Å². The van der Waals surface area contributed by atoms with Crippen LogP contribution in [0.3, 0.4) is 0 Å². The highest BCUT2D eigenvalue weighted by atomic mass is 32.2. The van der Waals surface area contributed by atoms with Crippen LogP contribution in [0.5, 0.6) is 0 Å². The fraction of sp³-hybridized carbons (Fsp3) is 0.615. The van der Waals surface area contributed by atoms with Gasteiger partial charge < -0.3 is 5.73 Å². The number of rotatable bonds is 6. The molecule has 1 unspecified atom stereocenters. The number of nitrogens with two attached hydrogens (primary N) is 1. The molecule has 0 aliphatic carbocycles. The van der Waals surface area contributed by atoms with Crippen molar-refractivity contribution in [3.8, 4) is 6.07 Å². The summed E-state index contributed by atoms with van der Waals surface area (Å²) < 4.78 is 0. The van der Waals surface area contributed by atoms with E-state index in [2.05, 4.69) is 29.9 Å². The minimum absolute atomic E-state index is 0.252. The number of hydrogen-bond donors (Lipinski definition) is 1. The van der Waals surface area contributed by atoms with Crippen LogP contribution in [0.4, 0.5) is 5.82 Å². The van der Waals surface area contributed by atoms with Crippen LogP contribution in [0.25, 0.3) is 0 Å². The second kappa shape index (κ2) is 7.22. The summed E-state index contributed by atoms with van der Waals surface area (Å²) in [7, 11) is 0. The van der Waals surface area contributed by atoms with Gasteiger partial charge in [-0.15, -0.1) is 0 Å². The SMILES string of the molecule is CCCCCC(C)c1nc(SC)nc(N)c1C#N. The molecule has 0 aliphatic rings. The molecule has 1 aromatic heterocycles. The van der Waals surface area contributed by atoms with E-state index in [4.69, 9.17) is 11.0 Å². The van der Waals surface area contributed by atoms with Gasteiger partial charge in [-0.2, -0.15) is 5.26 Å².